The number of nitrogens with zero attached hydrogens (tertiary/aromatic N) is 3. The van der Waals surface area contributed by atoms with Crippen molar-refractivity contribution in [3.05, 3.63) is 47.4 Å². The van der Waals surface area contributed by atoms with Gasteiger partial charge in [0.1, 0.15) is 22.3 Å². The number of thiazole rings is 1. The summed E-state index contributed by atoms with van der Waals surface area (Å²) in [5.74, 6) is -0.618. The maximum Gasteiger partial charge on any atom is 0.277 e. The van der Waals surface area contributed by atoms with Crippen LogP contribution in [0.25, 0.3) is 10.6 Å². The van der Waals surface area contributed by atoms with Gasteiger partial charge in [0, 0.05) is 24.2 Å². The third-order valence-corrected chi connectivity index (χ3v) is 6.43. The number of anilines is 2. The van der Waals surface area contributed by atoms with Crippen LogP contribution in [0.2, 0.25) is 0 Å². The largest absolute Gasteiger partial charge is 0.389 e. The van der Waals surface area contributed by atoms with Gasteiger partial charge >= 0.3 is 0 Å². The fraction of sp³-hybridized carbons (Fsp3) is 0.381. The van der Waals surface area contributed by atoms with Crippen molar-refractivity contribution in [3.8, 4) is 10.6 Å². The van der Waals surface area contributed by atoms with Gasteiger partial charge in [0.25, 0.3) is 12.3 Å². The van der Waals surface area contributed by atoms with E-state index in [-0.39, 0.29) is 33.4 Å². The Morgan fingerprint density at radius 1 is 1.33 bits per heavy atom. The van der Waals surface area contributed by atoms with Crippen LogP contribution in [0.1, 0.15) is 47.1 Å². The van der Waals surface area contributed by atoms with E-state index in [1.54, 1.807) is 17.8 Å². The van der Waals surface area contributed by atoms with Crippen LogP contribution in [0.15, 0.2) is 30.5 Å². The first kappa shape index (κ1) is 23.2. The minimum absolute atomic E-state index is 0.0819. The Hall–Kier alpha value is -2.96. The number of nitrogens with one attached hydrogen (secondary N) is 1. The highest BCUT2D eigenvalue weighted by Gasteiger charge is 2.30. The van der Waals surface area contributed by atoms with E-state index in [9.17, 15) is 18.0 Å². The maximum absolute atomic E-state index is 13.9. The fourth-order valence-corrected chi connectivity index (χ4v) is 4.63. The summed E-state index contributed by atoms with van der Waals surface area (Å²) >= 11 is 0.950. The second kappa shape index (κ2) is 9.49. The predicted octanol–water partition coefficient (Wildman–Crippen LogP) is 3.83. The van der Waals surface area contributed by atoms with E-state index in [1.807, 2.05) is 0 Å². The van der Waals surface area contributed by atoms with E-state index in [4.69, 9.17) is 16.2 Å². The summed E-state index contributed by atoms with van der Waals surface area (Å²) in [6.07, 6.45) is -2.16. The molecule has 0 unspecified atom stereocenters. The molecule has 3 aromatic rings. The van der Waals surface area contributed by atoms with Crippen molar-refractivity contribution in [2.24, 2.45) is 12.8 Å². The van der Waals surface area contributed by atoms with Crippen LogP contribution in [0.3, 0.4) is 0 Å². The van der Waals surface area contributed by atoms with Gasteiger partial charge in [-0.05, 0) is 12.8 Å². The topological polar surface area (TPSA) is 121 Å². The molecule has 1 saturated heterocycles. The average molecular weight is 481 g/mol. The molecule has 1 aromatic carbocycles. The number of halogens is 3. The maximum atomic E-state index is 13.9. The van der Waals surface area contributed by atoms with Crippen LogP contribution in [-0.2, 0) is 11.8 Å². The minimum atomic E-state index is -2.70. The average Bonchev–Trinajstić information content (AvgIpc) is 3.30. The summed E-state index contributed by atoms with van der Waals surface area (Å²) in [5, 5.41) is 7.21. The van der Waals surface area contributed by atoms with Crippen LogP contribution in [-0.4, -0.2) is 39.5 Å². The van der Waals surface area contributed by atoms with Crippen molar-refractivity contribution in [1.29, 1.82) is 0 Å². The molecule has 3 atom stereocenters. The molecule has 0 spiro atoms. The fourth-order valence-electron chi connectivity index (χ4n) is 3.75. The Balaban J connectivity index is 1.58. The first-order valence-electron chi connectivity index (χ1n) is 10.2. The molecule has 8 nitrogen and oxygen atoms in total. The van der Waals surface area contributed by atoms with E-state index >= 15 is 0 Å². The second-order valence-corrected chi connectivity index (χ2v) is 8.75. The van der Waals surface area contributed by atoms with E-state index in [1.165, 1.54) is 24.4 Å². The zero-order chi connectivity index (χ0) is 23.7. The number of alkyl halides is 3. The number of benzene rings is 1. The van der Waals surface area contributed by atoms with Crippen LogP contribution < -0.4 is 16.8 Å². The van der Waals surface area contributed by atoms with Crippen LogP contribution in [0, 0.1) is 0 Å². The van der Waals surface area contributed by atoms with Gasteiger partial charge in [0.2, 0.25) is 0 Å². The number of carbonyl (C=O) groups is 1. The Labute approximate surface area is 191 Å². The molecule has 0 bridgehead atoms. The molecule has 0 radical (unpaired) electrons. The van der Waals surface area contributed by atoms with Crippen LogP contribution in [0.5, 0.6) is 0 Å². The summed E-state index contributed by atoms with van der Waals surface area (Å²) in [6.45, 7) is -0.156. The summed E-state index contributed by atoms with van der Waals surface area (Å²) in [5.41, 5.74) is 12.7. The van der Waals surface area contributed by atoms with Crippen molar-refractivity contribution in [3.63, 3.8) is 0 Å². The molecule has 5 N–H and O–H groups in total. The molecule has 12 heteroatoms. The lowest BCUT2D eigenvalue weighted by Gasteiger charge is -2.17. The molecule has 1 fully saturated rings. The lowest BCUT2D eigenvalue weighted by Crippen LogP contribution is -2.32. The quantitative estimate of drug-likeness (QED) is 0.510. The molecule has 1 aliphatic heterocycles. The lowest BCUT2D eigenvalue weighted by molar-refractivity contribution is 0.0247. The highest BCUT2D eigenvalue weighted by atomic mass is 32.1. The molecule has 0 aliphatic carbocycles. The molecule has 0 saturated carbocycles. The number of ether oxygens (including phenoxy) is 1. The van der Waals surface area contributed by atoms with Crippen molar-refractivity contribution < 1.29 is 22.7 Å². The number of nitrogens with two attached hydrogens (primary N) is 2. The molecular weight excluding hydrogens is 457 g/mol. The monoisotopic (exact) mass is 480 g/mol. The number of nitrogen functional groups attached to an aromatic ring is 1. The number of hydrogen-bond acceptors (Lipinski definition) is 7. The summed E-state index contributed by atoms with van der Waals surface area (Å²) in [7, 11) is 1.68. The van der Waals surface area contributed by atoms with Gasteiger partial charge in [-0.2, -0.15) is 5.10 Å². The molecule has 176 valence electrons. The molecule has 3 heterocycles. The van der Waals surface area contributed by atoms with Gasteiger partial charge in [0.05, 0.1) is 24.2 Å². The number of aryl methyl sites for hydroxylation is 1. The standard InChI is InChI=1S/C21H23F3N6O2S/c1-30-17(15-7-6-13(25)12(22)9-32-15)14(8-27-30)28-20(31)16-19(26)33-21(29-16)11-5-3-2-4-10(11)18(23)24/h2-5,8,12-13,15,18H,6-7,9,25-26H2,1H3,(H,28,31)/t12-,13-,15+/m1/s1. The normalized spacial score (nSPS) is 21.2. The van der Waals surface area contributed by atoms with Gasteiger partial charge in [-0.1, -0.05) is 35.6 Å². The summed E-state index contributed by atoms with van der Waals surface area (Å²) in [6, 6.07) is 5.31. The van der Waals surface area contributed by atoms with Crippen molar-refractivity contribution >= 4 is 27.9 Å². The van der Waals surface area contributed by atoms with Crippen molar-refractivity contribution in [2.45, 2.75) is 37.6 Å². The number of aromatic nitrogens is 3. The van der Waals surface area contributed by atoms with Crippen LogP contribution in [0.4, 0.5) is 23.9 Å². The van der Waals surface area contributed by atoms with Gasteiger partial charge in [-0.15, -0.1) is 0 Å². The number of amides is 1. The Morgan fingerprint density at radius 2 is 2.09 bits per heavy atom. The highest BCUT2D eigenvalue weighted by Crippen LogP contribution is 2.37. The van der Waals surface area contributed by atoms with Gasteiger partial charge in [-0.25, -0.2) is 18.2 Å². The number of carbonyl (C=O) groups excluding carboxylic acids is 1. The van der Waals surface area contributed by atoms with Crippen molar-refractivity contribution in [2.75, 3.05) is 17.7 Å². The zero-order valence-corrected chi connectivity index (χ0v) is 18.5. The third-order valence-electron chi connectivity index (χ3n) is 5.52. The molecule has 1 amide bonds. The van der Waals surface area contributed by atoms with Gasteiger partial charge in [0.15, 0.2) is 5.69 Å². The van der Waals surface area contributed by atoms with E-state index in [0.717, 1.165) is 11.3 Å². The van der Waals surface area contributed by atoms with E-state index in [0.29, 0.717) is 24.2 Å². The SMILES string of the molecule is Cn1ncc(NC(=O)c2nc(-c3ccccc3C(F)F)sc2N)c1[C@@H]1CC[C@@H](N)[C@H](F)CO1. The smallest absolute Gasteiger partial charge is 0.277 e. The molecule has 1 aliphatic rings. The van der Waals surface area contributed by atoms with Crippen molar-refractivity contribution in [1.82, 2.24) is 14.8 Å². The zero-order valence-electron chi connectivity index (χ0n) is 17.7. The summed E-state index contributed by atoms with van der Waals surface area (Å²) in [4.78, 5) is 17.2. The van der Waals surface area contributed by atoms with Gasteiger partial charge < -0.3 is 21.5 Å². The highest BCUT2D eigenvalue weighted by molar-refractivity contribution is 7.19. The Kier molecular flexibility index (Phi) is 6.68. The Bertz CT molecular complexity index is 1140. The summed E-state index contributed by atoms with van der Waals surface area (Å²) < 4.78 is 47.9. The van der Waals surface area contributed by atoms with Crippen LogP contribution >= 0.6 is 11.3 Å². The first-order chi connectivity index (χ1) is 15.8. The predicted molar refractivity (Wildman–Crippen MR) is 119 cm³/mol. The molecular formula is C21H23F3N6O2S. The molecule has 2 aromatic heterocycles. The van der Waals surface area contributed by atoms with E-state index in [2.05, 4.69) is 15.4 Å². The minimum Gasteiger partial charge on any atom is -0.389 e. The first-order valence-corrected chi connectivity index (χ1v) is 11.1. The Morgan fingerprint density at radius 3 is 2.85 bits per heavy atom. The van der Waals surface area contributed by atoms with Gasteiger partial charge in [-0.3, -0.25) is 9.48 Å². The lowest BCUT2D eigenvalue weighted by atomic mass is 10.0. The second-order valence-electron chi connectivity index (χ2n) is 7.72. The van der Waals surface area contributed by atoms with E-state index < -0.39 is 30.7 Å². The number of rotatable bonds is 5. The third kappa shape index (κ3) is 4.72. The number of hydrogen-bond donors (Lipinski definition) is 3. The molecule has 4 rings (SSSR count). The molecule has 33 heavy (non-hydrogen) atoms.